The number of carbonyl (C=O) groups excluding carboxylic acids is 1. The Balaban J connectivity index is 1.55. The molecule has 0 aliphatic carbocycles. The summed E-state index contributed by atoms with van der Waals surface area (Å²) in [4.78, 5) is 42.1. The molecule has 2 heterocycles. The number of aromatic nitrogens is 4. The zero-order chi connectivity index (χ0) is 21.1. The van der Waals surface area contributed by atoms with E-state index < -0.39 is 11.2 Å². The van der Waals surface area contributed by atoms with E-state index >= 15 is 0 Å². The number of benzene rings is 1. The molecule has 0 fully saturated rings. The topological polar surface area (TPSA) is 88.1 Å². The molecule has 0 bridgehead atoms. The van der Waals surface area contributed by atoms with Crippen molar-refractivity contribution < 1.29 is 9.53 Å². The predicted octanol–water partition coefficient (Wildman–Crippen LogP) is 2.23. The molecule has 0 N–H and O–H groups in total. The van der Waals surface area contributed by atoms with Gasteiger partial charge in [-0.25, -0.2) is 9.78 Å². The van der Waals surface area contributed by atoms with E-state index in [0.29, 0.717) is 17.6 Å². The molecule has 1 aromatic carbocycles. The van der Waals surface area contributed by atoms with Crippen LogP contribution in [0.25, 0.3) is 11.2 Å². The molecular weight excluding hydrogens is 460 g/mol. The first-order valence-electron chi connectivity index (χ1n) is 8.95. The van der Waals surface area contributed by atoms with Crippen molar-refractivity contribution in [1.82, 2.24) is 18.7 Å². The lowest BCUT2D eigenvalue weighted by molar-refractivity contribution is -0.140. The van der Waals surface area contributed by atoms with Crippen LogP contribution in [0.1, 0.15) is 12.0 Å². The summed E-state index contributed by atoms with van der Waals surface area (Å²) in [6.45, 7) is 2.28. The number of halogens is 1. The van der Waals surface area contributed by atoms with Crippen LogP contribution in [0.15, 0.2) is 43.5 Å². The number of esters is 1. The van der Waals surface area contributed by atoms with Crippen LogP contribution in [0.3, 0.4) is 0 Å². The lowest BCUT2D eigenvalue weighted by Crippen LogP contribution is -2.39. The molecule has 10 heteroatoms. The Kier molecular flexibility index (Phi) is 6.63. The molecule has 8 nitrogen and oxygen atoms in total. The van der Waals surface area contributed by atoms with E-state index in [9.17, 15) is 14.4 Å². The van der Waals surface area contributed by atoms with Gasteiger partial charge in [0.25, 0.3) is 5.56 Å². The number of nitrogens with zero attached hydrogens (tertiary/aromatic N) is 4. The van der Waals surface area contributed by atoms with E-state index in [1.807, 2.05) is 25.1 Å². The van der Waals surface area contributed by atoms with Crippen molar-refractivity contribution >= 4 is 44.8 Å². The summed E-state index contributed by atoms with van der Waals surface area (Å²) < 4.78 is 10.3. The van der Waals surface area contributed by atoms with Gasteiger partial charge in [0.05, 0.1) is 18.7 Å². The van der Waals surface area contributed by atoms with Crippen LogP contribution in [0.5, 0.6) is 0 Å². The fourth-order valence-electron chi connectivity index (χ4n) is 2.96. The van der Waals surface area contributed by atoms with Crippen LogP contribution in [-0.4, -0.2) is 37.0 Å². The second kappa shape index (κ2) is 9.00. The van der Waals surface area contributed by atoms with E-state index in [0.717, 1.165) is 19.5 Å². The van der Waals surface area contributed by atoms with Gasteiger partial charge >= 0.3 is 11.7 Å². The Morgan fingerprint density at radius 2 is 2.03 bits per heavy atom. The number of hydrogen-bond donors (Lipinski definition) is 0. The van der Waals surface area contributed by atoms with Gasteiger partial charge in [0.1, 0.15) is 0 Å². The molecule has 0 unspecified atom stereocenters. The Hall–Kier alpha value is -2.33. The van der Waals surface area contributed by atoms with Gasteiger partial charge < -0.3 is 9.30 Å². The summed E-state index contributed by atoms with van der Waals surface area (Å²) >= 11 is 4.83. The van der Waals surface area contributed by atoms with Gasteiger partial charge in [0, 0.05) is 30.0 Å². The first kappa shape index (κ1) is 21.4. The third kappa shape index (κ3) is 4.64. The summed E-state index contributed by atoms with van der Waals surface area (Å²) in [6, 6.07) is 5.87. The fraction of sp³-hybridized carbons (Fsp3) is 0.368. The van der Waals surface area contributed by atoms with Crippen LogP contribution in [0.2, 0.25) is 0 Å². The number of carbonyl (C=O) groups is 1. The molecule has 0 aliphatic rings. The Labute approximate surface area is 179 Å². The first-order valence-corrected chi connectivity index (χ1v) is 10.7. The van der Waals surface area contributed by atoms with Crippen molar-refractivity contribution in [2.45, 2.75) is 24.8 Å². The van der Waals surface area contributed by atoms with E-state index in [4.69, 9.17) is 4.74 Å². The number of rotatable bonds is 7. The summed E-state index contributed by atoms with van der Waals surface area (Å²) in [5, 5.41) is 0. The third-order valence-electron chi connectivity index (χ3n) is 4.47. The number of thioether (sulfide) groups is 1. The molecule has 0 spiro atoms. The maximum atomic E-state index is 12.6. The second-order valence-electron chi connectivity index (χ2n) is 6.60. The summed E-state index contributed by atoms with van der Waals surface area (Å²) in [7, 11) is 3.28. The van der Waals surface area contributed by atoms with E-state index in [-0.39, 0.29) is 24.9 Å². The molecule has 154 valence electrons. The predicted molar refractivity (Wildman–Crippen MR) is 115 cm³/mol. The van der Waals surface area contributed by atoms with Crippen LogP contribution in [-0.2, 0) is 30.2 Å². The third-order valence-corrected chi connectivity index (χ3v) is 6.11. The molecule has 29 heavy (non-hydrogen) atoms. The van der Waals surface area contributed by atoms with E-state index in [1.54, 1.807) is 18.7 Å². The number of ether oxygens (including phenoxy) is 1. The molecule has 0 saturated heterocycles. The Morgan fingerprint density at radius 1 is 1.28 bits per heavy atom. The summed E-state index contributed by atoms with van der Waals surface area (Å²) in [5.41, 5.74) is 0.971. The average molecular weight is 481 g/mol. The highest BCUT2D eigenvalue weighted by Crippen LogP contribution is 2.25. The summed E-state index contributed by atoms with van der Waals surface area (Å²) in [5.74, 6) is -0.134. The maximum absolute atomic E-state index is 12.6. The zero-order valence-corrected chi connectivity index (χ0v) is 18.7. The van der Waals surface area contributed by atoms with E-state index in [2.05, 4.69) is 20.9 Å². The SMILES string of the molecule is Cc1cc(Br)ccc1SCC(=O)OCCCn1c(=O)c2c(ncn2C)n(C)c1=O. The van der Waals surface area contributed by atoms with Gasteiger partial charge in [-0.1, -0.05) is 15.9 Å². The highest BCUT2D eigenvalue weighted by molar-refractivity contribution is 9.10. The van der Waals surface area contributed by atoms with Crippen molar-refractivity contribution in [3.8, 4) is 0 Å². The highest BCUT2D eigenvalue weighted by Gasteiger charge is 2.14. The van der Waals surface area contributed by atoms with Crippen molar-refractivity contribution in [3.05, 3.63) is 55.4 Å². The van der Waals surface area contributed by atoms with Gasteiger partial charge in [0.15, 0.2) is 11.2 Å². The van der Waals surface area contributed by atoms with Gasteiger partial charge in [-0.05, 0) is 37.1 Å². The zero-order valence-electron chi connectivity index (χ0n) is 16.3. The van der Waals surface area contributed by atoms with Gasteiger partial charge in [0.2, 0.25) is 0 Å². The average Bonchev–Trinajstić information content (AvgIpc) is 3.06. The van der Waals surface area contributed by atoms with Crippen molar-refractivity contribution in [2.75, 3.05) is 12.4 Å². The summed E-state index contributed by atoms with van der Waals surface area (Å²) in [6.07, 6.45) is 1.87. The van der Waals surface area contributed by atoms with Crippen LogP contribution in [0.4, 0.5) is 0 Å². The number of hydrogen-bond acceptors (Lipinski definition) is 6. The fourth-order valence-corrected chi connectivity index (χ4v) is 4.24. The lowest BCUT2D eigenvalue weighted by Gasteiger charge is -2.09. The minimum absolute atomic E-state index is 0.137. The van der Waals surface area contributed by atoms with Crippen molar-refractivity contribution in [3.63, 3.8) is 0 Å². The minimum atomic E-state index is -0.436. The van der Waals surface area contributed by atoms with Gasteiger partial charge in [-0.3, -0.25) is 18.7 Å². The molecule has 3 rings (SSSR count). The first-order chi connectivity index (χ1) is 13.8. The molecule has 0 atom stereocenters. The van der Waals surface area contributed by atoms with Crippen molar-refractivity contribution in [1.29, 1.82) is 0 Å². The van der Waals surface area contributed by atoms with Crippen LogP contribution >= 0.6 is 27.7 Å². The number of aryl methyl sites for hydroxylation is 3. The lowest BCUT2D eigenvalue weighted by atomic mass is 10.2. The Bertz CT molecular complexity index is 1180. The van der Waals surface area contributed by atoms with Crippen LogP contribution in [0, 0.1) is 6.92 Å². The molecule has 0 radical (unpaired) electrons. The molecule has 0 amide bonds. The second-order valence-corrected chi connectivity index (χ2v) is 8.53. The molecule has 2 aromatic heterocycles. The normalized spacial score (nSPS) is 11.2. The smallest absolute Gasteiger partial charge is 0.332 e. The molecular formula is C19H21BrN4O4S. The quantitative estimate of drug-likeness (QED) is 0.292. The number of fused-ring (bicyclic) bond motifs is 1. The van der Waals surface area contributed by atoms with Crippen molar-refractivity contribution in [2.24, 2.45) is 14.1 Å². The van der Waals surface area contributed by atoms with E-state index in [1.165, 1.54) is 22.7 Å². The minimum Gasteiger partial charge on any atom is -0.465 e. The van der Waals surface area contributed by atoms with Gasteiger partial charge in [-0.2, -0.15) is 0 Å². The van der Waals surface area contributed by atoms with Gasteiger partial charge in [-0.15, -0.1) is 11.8 Å². The Morgan fingerprint density at radius 3 is 2.76 bits per heavy atom. The van der Waals surface area contributed by atoms with Crippen LogP contribution < -0.4 is 11.2 Å². The molecule has 0 aliphatic heterocycles. The maximum Gasteiger partial charge on any atom is 0.332 e. The largest absolute Gasteiger partial charge is 0.465 e. The molecule has 3 aromatic rings. The standard InChI is InChI=1S/C19H21BrN4O4S/c1-12-9-13(20)5-6-14(12)29-10-15(25)28-8-4-7-24-18(26)16-17(21-11-22(16)2)23(3)19(24)27/h5-6,9,11H,4,7-8,10H2,1-3H3. The number of imidazole rings is 1. The molecule has 0 saturated carbocycles. The monoisotopic (exact) mass is 480 g/mol. The highest BCUT2D eigenvalue weighted by atomic mass is 79.9.